The van der Waals surface area contributed by atoms with Crippen LogP contribution in [-0.2, 0) is 13.6 Å². The summed E-state index contributed by atoms with van der Waals surface area (Å²) in [4.78, 5) is 11.3. The van der Waals surface area contributed by atoms with Crippen LogP contribution in [0.1, 0.15) is 18.9 Å². The number of aryl methyl sites for hydroxylation is 1. The second-order valence-electron chi connectivity index (χ2n) is 3.87. The fourth-order valence-corrected chi connectivity index (χ4v) is 1.45. The Labute approximate surface area is 96.7 Å². The molecule has 16 heavy (non-hydrogen) atoms. The highest BCUT2D eigenvalue weighted by Crippen LogP contribution is 1.92. The molecule has 1 rings (SSSR count). The molecule has 1 heterocycles. The van der Waals surface area contributed by atoms with Crippen molar-refractivity contribution < 1.29 is 0 Å². The van der Waals surface area contributed by atoms with Crippen LogP contribution in [0.4, 0.5) is 0 Å². The van der Waals surface area contributed by atoms with Crippen LogP contribution >= 0.6 is 0 Å². The van der Waals surface area contributed by atoms with Gasteiger partial charge < -0.3 is 15.2 Å². The van der Waals surface area contributed by atoms with Gasteiger partial charge in [0.05, 0.1) is 0 Å². The van der Waals surface area contributed by atoms with Crippen LogP contribution < -0.4 is 16.2 Å². The molecule has 90 valence electrons. The van der Waals surface area contributed by atoms with Gasteiger partial charge in [-0.05, 0) is 37.7 Å². The van der Waals surface area contributed by atoms with E-state index < -0.39 is 0 Å². The van der Waals surface area contributed by atoms with Crippen LogP contribution in [0.2, 0.25) is 0 Å². The summed E-state index contributed by atoms with van der Waals surface area (Å²) in [5.74, 6) is 0. The molecule has 0 bridgehead atoms. The van der Waals surface area contributed by atoms with Gasteiger partial charge in [0.25, 0.3) is 5.56 Å². The van der Waals surface area contributed by atoms with Gasteiger partial charge >= 0.3 is 0 Å². The van der Waals surface area contributed by atoms with Crippen molar-refractivity contribution in [3.8, 4) is 0 Å². The maximum Gasteiger partial charge on any atom is 0.250 e. The van der Waals surface area contributed by atoms with Crippen molar-refractivity contribution in [1.82, 2.24) is 15.2 Å². The highest BCUT2D eigenvalue weighted by Gasteiger charge is 1.95. The van der Waals surface area contributed by atoms with Crippen LogP contribution in [0, 0.1) is 0 Å². The van der Waals surface area contributed by atoms with Crippen molar-refractivity contribution in [2.45, 2.75) is 19.9 Å². The number of aromatic nitrogens is 1. The van der Waals surface area contributed by atoms with E-state index in [1.165, 1.54) is 0 Å². The van der Waals surface area contributed by atoms with Crippen LogP contribution in [0.15, 0.2) is 23.1 Å². The van der Waals surface area contributed by atoms with Gasteiger partial charge in [0, 0.05) is 25.9 Å². The predicted molar refractivity (Wildman–Crippen MR) is 66.6 cm³/mol. The Hall–Kier alpha value is -1.13. The van der Waals surface area contributed by atoms with Crippen molar-refractivity contribution in [2.75, 3.05) is 19.6 Å². The van der Waals surface area contributed by atoms with Crippen molar-refractivity contribution >= 4 is 0 Å². The second kappa shape index (κ2) is 7.19. The molecule has 0 spiro atoms. The first-order valence-corrected chi connectivity index (χ1v) is 5.81. The Morgan fingerprint density at radius 2 is 2.06 bits per heavy atom. The summed E-state index contributed by atoms with van der Waals surface area (Å²) < 4.78 is 1.58. The molecule has 0 unspecified atom stereocenters. The monoisotopic (exact) mass is 223 g/mol. The molecule has 0 saturated carbocycles. The Balaban J connectivity index is 2.22. The third kappa shape index (κ3) is 4.59. The van der Waals surface area contributed by atoms with E-state index in [0.717, 1.165) is 38.2 Å². The average molecular weight is 223 g/mol. The fraction of sp³-hybridized carbons (Fsp3) is 0.583. The molecule has 0 aliphatic carbocycles. The summed E-state index contributed by atoms with van der Waals surface area (Å²) in [5, 5.41) is 6.59. The standard InChI is InChI=1S/C12H21N3O/c1-3-13-6-4-7-14-10-11-5-8-15(2)12(16)9-11/h5,8-9,13-14H,3-4,6-7,10H2,1-2H3. The Kier molecular flexibility index (Phi) is 5.82. The van der Waals surface area contributed by atoms with Gasteiger partial charge in [0.15, 0.2) is 0 Å². The summed E-state index contributed by atoms with van der Waals surface area (Å²) in [6, 6.07) is 3.65. The largest absolute Gasteiger partial charge is 0.319 e. The molecule has 0 saturated heterocycles. The summed E-state index contributed by atoms with van der Waals surface area (Å²) in [6.07, 6.45) is 2.91. The smallest absolute Gasteiger partial charge is 0.250 e. The lowest BCUT2D eigenvalue weighted by molar-refractivity contribution is 0.605. The molecular formula is C12H21N3O. The average Bonchev–Trinajstić information content (AvgIpc) is 2.28. The normalized spacial score (nSPS) is 10.6. The number of pyridine rings is 1. The summed E-state index contributed by atoms with van der Waals surface area (Å²) in [6.45, 7) is 5.91. The molecule has 0 fully saturated rings. The molecule has 0 aliphatic heterocycles. The Morgan fingerprint density at radius 3 is 2.75 bits per heavy atom. The summed E-state index contributed by atoms with van der Waals surface area (Å²) in [7, 11) is 1.76. The first-order valence-electron chi connectivity index (χ1n) is 5.81. The molecule has 4 nitrogen and oxygen atoms in total. The quantitative estimate of drug-likeness (QED) is 0.661. The molecule has 1 aromatic rings. The van der Waals surface area contributed by atoms with Gasteiger partial charge in [0.1, 0.15) is 0 Å². The van der Waals surface area contributed by atoms with Crippen molar-refractivity contribution in [2.24, 2.45) is 7.05 Å². The van der Waals surface area contributed by atoms with Gasteiger partial charge in [-0.2, -0.15) is 0 Å². The van der Waals surface area contributed by atoms with Crippen LogP contribution in [-0.4, -0.2) is 24.2 Å². The molecule has 0 radical (unpaired) electrons. The number of hydrogen-bond acceptors (Lipinski definition) is 3. The molecule has 2 N–H and O–H groups in total. The first-order chi connectivity index (χ1) is 7.74. The maximum absolute atomic E-state index is 11.3. The van der Waals surface area contributed by atoms with E-state index in [1.54, 1.807) is 23.9 Å². The minimum absolute atomic E-state index is 0.0481. The maximum atomic E-state index is 11.3. The highest BCUT2D eigenvalue weighted by molar-refractivity contribution is 5.10. The molecular weight excluding hydrogens is 202 g/mol. The van der Waals surface area contributed by atoms with E-state index in [0.29, 0.717) is 0 Å². The van der Waals surface area contributed by atoms with Crippen LogP contribution in [0.5, 0.6) is 0 Å². The molecule has 4 heteroatoms. The van der Waals surface area contributed by atoms with E-state index in [-0.39, 0.29) is 5.56 Å². The van der Waals surface area contributed by atoms with Crippen molar-refractivity contribution in [3.63, 3.8) is 0 Å². The number of rotatable bonds is 7. The summed E-state index contributed by atoms with van der Waals surface area (Å²) in [5.41, 5.74) is 1.10. The number of nitrogens with one attached hydrogen (secondary N) is 2. The zero-order valence-corrected chi connectivity index (χ0v) is 10.1. The third-order valence-electron chi connectivity index (χ3n) is 2.45. The predicted octanol–water partition coefficient (Wildman–Crippen LogP) is 0.474. The molecule has 0 aromatic carbocycles. The van der Waals surface area contributed by atoms with Gasteiger partial charge in [-0.15, -0.1) is 0 Å². The zero-order chi connectivity index (χ0) is 11.8. The lowest BCUT2D eigenvalue weighted by Gasteiger charge is -2.05. The molecule has 0 amide bonds. The number of nitrogens with zero attached hydrogens (tertiary/aromatic N) is 1. The van der Waals surface area contributed by atoms with Crippen molar-refractivity contribution in [3.05, 3.63) is 34.2 Å². The van der Waals surface area contributed by atoms with Gasteiger partial charge in [-0.25, -0.2) is 0 Å². The van der Waals surface area contributed by atoms with E-state index in [9.17, 15) is 4.79 Å². The van der Waals surface area contributed by atoms with Crippen LogP contribution in [0.25, 0.3) is 0 Å². The fourth-order valence-electron chi connectivity index (χ4n) is 1.45. The number of hydrogen-bond donors (Lipinski definition) is 2. The summed E-state index contributed by atoms with van der Waals surface area (Å²) >= 11 is 0. The first kappa shape index (κ1) is 12.9. The third-order valence-corrected chi connectivity index (χ3v) is 2.45. The van der Waals surface area contributed by atoms with Gasteiger partial charge in [-0.3, -0.25) is 4.79 Å². The molecule has 0 atom stereocenters. The van der Waals surface area contributed by atoms with E-state index in [2.05, 4.69) is 17.6 Å². The molecule has 1 aromatic heterocycles. The highest BCUT2D eigenvalue weighted by atomic mass is 16.1. The topological polar surface area (TPSA) is 46.1 Å². The van der Waals surface area contributed by atoms with Gasteiger partial charge in [0.2, 0.25) is 0 Å². The SMILES string of the molecule is CCNCCCNCc1ccn(C)c(=O)c1. The lowest BCUT2D eigenvalue weighted by atomic mass is 10.2. The Morgan fingerprint density at radius 1 is 1.31 bits per heavy atom. The zero-order valence-electron chi connectivity index (χ0n) is 10.1. The van der Waals surface area contributed by atoms with E-state index in [4.69, 9.17) is 0 Å². The van der Waals surface area contributed by atoms with E-state index in [1.807, 2.05) is 6.07 Å². The van der Waals surface area contributed by atoms with Crippen LogP contribution in [0.3, 0.4) is 0 Å². The molecule has 0 aliphatic rings. The minimum Gasteiger partial charge on any atom is -0.319 e. The lowest BCUT2D eigenvalue weighted by Crippen LogP contribution is -2.22. The van der Waals surface area contributed by atoms with Crippen molar-refractivity contribution in [1.29, 1.82) is 0 Å². The van der Waals surface area contributed by atoms with E-state index >= 15 is 0 Å². The minimum atomic E-state index is 0.0481. The van der Waals surface area contributed by atoms with Gasteiger partial charge in [-0.1, -0.05) is 6.92 Å². The second-order valence-corrected chi connectivity index (χ2v) is 3.87. The Bertz CT molecular complexity index is 360.